The third-order valence-corrected chi connectivity index (χ3v) is 4.37. The largest absolute Gasteiger partial charge is 0.480 e. The topological polar surface area (TPSA) is 162 Å². The minimum atomic E-state index is -1.02. The van der Waals surface area contributed by atoms with E-state index in [1.165, 1.54) is 0 Å². The summed E-state index contributed by atoms with van der Waals surface area (Å²) in [5.74, 6) is -4.08. The van der Waals surface area contributed by atoms with Gasteiger partial charge in [0.05, 0.1) is 26.2 Å². The van der Waals surface area contributed by atoms with E-state index in [4.69, 9.17) is 20.4 Å². The quantitative estimate of drug-likeness (QED) is 0.281. The molecular formula is C16H28N4O8Zr. The fourth-order valence-electron chi connectivity index (χ4n) is 2.98. The van der Waals surface area contributed by atoms with Crippen LogP contribution in [-0.4, -0.2) is 142 Å². The molecule has 1 heterocycles. The van der Waals surface area contributed by atoms with E-state index in [0.29, 0.717) is 52.4 Å². The summed E-state index contributed by atoms with van der Waals surface area (Å²) < 4.78 is 0. The van der Waals surface area contributed by atoms with Gasteiger partial charge in [-0.1, -0.05) is 0 Å². The Morgan fingerprint density at radius 1 is 0.448 bits per heavy atom. The van der Waals surface area contributed by atoms with Gasteiger partial charge in [0.1, 0.15) is 0 Å². The molecule has 1 aliphatic heterocycles. The monoisotopic (exact) mass is 494 g/mol. The molecule has 1 fully saturated rings. The van der Waals surface area contributed by atoms with Gasteiger partial charge in [-0.05, 0) is 0 Å². The van der Waals surface area contributed by atoms with Gasteiger partial charge >= 0.3 is 23.9 Å². The number of hydrogen-bond donors (Lipinski definition) is 4. The normalized spacial score (nSPS) is 18.8. The van der Waals surface area contributed by atoms with Gasteiger partial charge < -0.3 is 20.4 Å². The predicted octanol–water partition coefficient (Wildman–Crippen LogP) is -2.46. The maximum atomic E-state index is 11.1. The summed E-state index contributed by atoms with van der Waals surface area (Å²) in [5.41, 5.74) is 0. The van der Waals surface area contributed by atoms with Crippen LogP contribution in [0.15, 0.2) is 0 Å². The van der Waals surface area contributed by atoms with Gasteiger partial charge in [-0.15, -0.1) is 0 Å². The molecule has 0 amide bonds. The Labute approximate surface area is 187 Å². The van der Waals surface area contributed by atoms with E-state index < -0.39 is 23.9 Å². The van der Waals surface area contributed by atoms with Crippen molar-refractivity contribution in [1.82, 2.24) is 19.6 Å². The van der Waals surface area contributed by atoms with Crippen LogP contribution in [0.25, 0.3) is 0 Å². The molecule has 12 nitrogen and oxygen atoms in total. The molecule has 0 aromatic carbocycles. The van der Waals surface area contributed by atoms with E-state index in [2.05, 4.69) is 0 Å². The van der Waals surface area contributed by atoms with Crippen LogP contribution in [0.4, 0.5) is 0 Å². The summed E-state index contributed by atoms with van der Waals surface area (Å²) >= 11 is 0. The SMILES string of the molecule is O=C(O)CN1CCN(CC(=O)O)CCN(CC(=O)O)CCN(CC(=O)O)CC1.[Zr]. The molecule has 0 spiro atoms. The van der Waals surface area contributed by atoms with Gasteiger partial charge in [0, 0.05) is 78.6 Å². The van der Waals surface area contributed by atoms with Crippen molar-refractivity contribution in [2.75, 3.05) is 78.5 Å². The van der Waals surface area contributed by atoms with Crippen LogP contribution >= 0.6 is 0 Å². The van der Waals surface area contributed by atoms with Crippen molar-refractivity contribution in [3.63, 3.8) is 0 Å². The number of carbonyl (C=O) groups is 4. The molecule has 0 unspecified atom stereocenters. The Balaban J connectivity index is 0.00000784. The number of aliphatic carboxylic acids is 4. The Kier molecular flexibility index (Phi) is 13.9. The molecule has 4 N–H and O–H groups in total. The van der Waals surface area contributed by atoms with Gasteiger partial charge in [0.15, 0.2) is 0 Å². The van der Waals surface area contributed by atoms with Crippen LogP contribution in [0, 0.1) is 0 Å². The number of hydrogen-bond acceptors (Lipinski definition) is 8. The number of carboxylic acids is 4. The van der Waals surface area contributed by atoms with Gasteiger partial charge in [-0.25, -0.2) is 0 Å². The fraction of sp³-hybridized carbons (Fsp3) is 0.750. The zero-order valence-corrected chi connectivity index (χ0v) is 18.7. The smallest absolute Gasteiger partial charge is 0.317 e. The minimum Gasteiger partial charge on any atom is -0.480 e. The Morgan fingerprint density at radius 3 is 0.690 bits per heavy atom. The first kappa shape index (κ1) is 27.6. The van der Waals surface area contributed by atoms with Crippen molar-refractivity contribution in [2.24, 2.45) is 0 Å². The summed E-state index contributed by atoms with van der Waals surface area (Å²) in [6, 6.07) is 0. The van der Waals surface area contributed by atoms with E-state index in [1.807, 2.05) is 0 Å². The van der Waals surface area contributed by atoms with E-state index in [0.717, 1.165) is 0 Å². The molecule has 0 aromatic rings. The van der Waals surface area contributed by atoms with Gasteiger partial charge in [0.2, 0.25) is 0 Å². The number of nitrogens with zero attached hydrogens (tertiary/aromatic N) is 4. The second kappa shape index (κ2) is 14.6. The predicted molar refractivity (Wildman–Crippen MR) is 96.3 cm³/mol. The molecule has 0 radical (unpaired) electrons. The molecule has 0 aliphatic carbocycles. The molecule has 1 rings (SSSR count). The van der Waals surface area contributed by atoms with Crippen LogP contribution in [0.5, 0.6) is 0 Å². The maximum absolute atomic E-state index is 11.1. The summed E-state index contributed by atoms with van der Waals surface area (Å²) in [7, 11) is 0. The Bertz CT molecular complexity index is 453. The number of carboxylic acid groups (broad SMARTS) is 4. The number of rotatable bonds is 8. The molecule has 13 heteroatoms. The third kappa shape index (κ3) is 13.4. The second-order valence-electron chi connectivity index (χ2n) is 6.68. The van der Waals surface area contributed by atoms with Gasteiger partial charge in [-0.3, -0.25) is 38.8 Å². The average molecular weight is 496 g/mol. The van der Waals surface area contributed by atoms with Gasteiger partial charge in [-0.2, -0.15) is 0 Å². The van der Waals surface area contributed by atoms with Crippen molar-refractivity contribution < 1.29 is 65.8 Å². The molecule has 0 saturated carbocycles. The average Bonchev–Trinajstić information content (AvgIpc) is 2.55. The molecule has 1 saturated heterocycles. The van der Waals surface area contributed by atoms with Crippen LogP contribution in [0.2, 0.25) is 0 Å². The first-order chi connectivity index (χ1) is 13.2. The Hall–Kier alpha value is -1.40. The summed E-state index contributed by atoms with van der Waals surface area (Å²) in [4.78, 5) is 50.9. The fourth-order valence-corrected chi connectivity index (χ4v) is 2.98. The van der Waals surface area contributed by atoms with E-state index in [-0.39, 0.29) is 52.4 Å². The summed E-state index contributed by atoms with van der Waals surface area (Å²) in [6.07, 6.45) is 0. The van der Waals surface area contributed by atoms with Crippen molar-refractivity contribution in [2.45, 2.75) is 0 Å². The zero-order chi connectivity index (χ0) is 21.1. The van der Waals surface area contributed by atoms with Gasteiger partial charge in [0.25, 0.3) is 0 Å². The molecular weight excluding hydrogens is 467 g/mol. The summed E-state index contributed by atoms with van der Waals surface area (Å²) in [6.45, 7) is 1.52. The maximum Gasteiger partial charge on any atom is 0.317 e. The Morgan fingerprint density at radius 2 is 0.586 bits per heavy atom. The zero-order valence-electron chi connectivity index (χ0n) is 16.2. The molecule has 0 aromatic heterocycles. The molecule has 29 heavy (non-hydrogen) atoms. The van der Waals surface area contributed by atoms with Crippen molar-refractivity contribution >= 4 is 23.9 Å². The standard InChI is InChI=1S/C16H28N4O8.Zr/c21-13(22)9-17-1-2-18(10-14(23)24)5-6-20(12-16(27)28)8-7-19(4-3-17)11-15(25)26;/h1-12H2,(H,21,22)(H,23,24)(H,25,26)(H,27,28);. The third-order valence-electron chi connectivity index (χ3n) is 4.37. The van der Waals surface area contributed by atoms with Crippen LogP contribution < -0.4 is 0 Å². The second-order valence-corrected chi connectivity index (χ2v) is 6.68. The van der Waals surface area contributed by atoms with Crippen molar-refractivity contribution in [3.05, 3.63) is 0 Å². The molecule has 164 valence electrons. The van der Waals surface area contributed by atoms with E-state index in [1.54, 1.807) is 19.6 Å². The molecule has 0 atom stereocenters. The van der Waals surface area contributed by atoms with Crippen molar-refractivity contribution in [1.29, 1.82) is 0 Å². The van der Waals surface area contributed by atoms with Crippen LogP contribution in [0.3, 0.4) is 0 Å². The van der Waals surface area contributed by atoms with E-state index in [9.17, 15) is 19.2 Å². The molecule has 0 bridgehead atoms. The van der Waals surface area contributed by atoms with Crippen molar-refractivity contribution in [3.8, 4) is 0 Å². The summed E-state index contributed by atoms with van der Waals surface area (Å²) in [5, 5.41) is 36.3. The van der Waals surface area contributed by atoms with Crippen LogP contribution in [0.1, 0.15) is 0 Å². The first-order valence-electron chi connectivity index (χ1n) is 8.92. The minimum absolute atomic E-state index is 0. The van der Waals surface area contributed by atoms with E-state index >= 15 is 0 Å². The first-order valence-corrected chi connectivity index (χ1v) is 8.92. The van der Waals surface area contributed by atoms with Crippen LogP contribution in [-0.2, 0) is 45.4 Å². The molecule has 1 aliphatic rings.